The van der Waals surface area contributed by atoms with Gasteiger partial charge in [0.15, 0.2) is 6.10 Å². The Morgan fingerprint density at radius 1 is 1.25 bits per heavy atom. The third kappa shape index (κ3) is 4.59. The molecule has 3 N–H and O–H groups in total. The zero-order valence-electron chi connectivity index (χ0n) is 18.6. The lowest BCUT2D eigenvalue weighted by Crippen LogP contribution is -2.41. The summed E-state index contributed by atoms with van der Waals surface area (Å²) >= 11 is 0. The molecule has 0 radical (unpaired) electrons. The topological polar surface area (TPSA) is 73.8 Å². The Bertz CT molecular complexity index is 1100. The molecule has 0 spiro atoms. The normalized spacial score (nSPS) is 17.4. The highest BCUT2D eigenvalue weighted by Gasteiger charge is 2.28. The lowest BCUT2D eigenvalue weighted by atomic mass is 9.94. The predicted octanol–water partition coefficient (Wildman–Crippen LogP) is 4.18. The number of hydrogen-bond donors (Lipinski definition) is 3. The number of phenolic OH excluding ortho intramolecular Hbond substituents is 1. The number of ether oxygens (including phenoxy) is 1. The Morgan fingerprint density at radius 3 is 2.72 bits per heavy atom. The van der Waals surface area contributed by atoms with Gasteiger partial charge in [-0.2, -0.15) is 0 Å². The third-order valence-electron chi connectivity index (χ3n) is 5.93. The van der Waals surface area contributed by atoms with E-state index in [1.165, 1.54) is 6.07 Å². The van der Waals surface area contributed by atoms with Crippen LogP contribution >= 0.6 is 0 Å². The van der Waals surface area contributed by atoms with Crippen LogP contribution in [0.2, 0.25) is 0 Å². The van der Waals surface area contributed by atoms with Gasteiger partial charge >= 0.3 is 0 Å². The molecule has 0 saturated heterocycles. The maximum atomic E-state index is 13.8. The maximum Gasteiger partial charge on any atom is 0.267 e. The standard InChI is InChI=1S/C25H28FN3O3/c1-15-10-23-21(12-19(15)26)27-14-24(32-23)25(31)28-20-13-22(30)18(16-6-4-5-7-16)11-17(20)8-9-29(2)3/h10-13,16,24,27,30H,4-7,14H2,1-3H3,(H,28,31). The highest BCUT2D eigenvalue weighted by Crippen LogP contribution is 2.40. The van der Waals surface area contributed by atoms with Crippen molar-refractivity contribution < 1.29 is 19.0 Å². The minimum Gasteiger partial charge on any atom is -0.508 e. The van der Waals surface area contributed by atoms with Crippen molar-refractivity contribution in [2.75, 3.05) is 31.3 Å². The van der Waals surface area contributed by atoms with Gasteiger partial charge in [0.05, 0.1) is 23.5 Å². The first-order chi connectivity index (χ1) is 15.3. The number of fused-ring (bicyclic) bond motifs is 1. The van der Waals surface area contributed by atoms with Gasteiger partial charge in [-0.25, -0.2) is 4.39 Å². The number of carbonyl (C=O) groups excluding carboxylic acids is 1. The van der Waals surface area contributed by atoms with Crippen molar-refractivity contribution in [3.63, 3.8) is 0 Å². The fourth-order valence-corrected chi connectivity index (χ4v) is 4.20. The van der Waals surface area contributed by atoms with E-state index in [-0.39, 0.29) is 24.0 Å². The van der Waals surface area contributed by atoms with E-state index in [1.54, 1.807) is 24.0 Å². The molecule has 1 aliphatic carbocycles. The number of hydrogen-bond acceptors (Lipinski definition) is 5. The maximum absolute atomic E-state index is 13.8. The van der Waals surface area contributed by atoms with Crippen molar-refractivity contribution in [2.45, 2.75) is 44.6 Å². The second-order valence-electron chi connectivity index (χ2n) is 8.64. The number of aryl methyl sites for hydroxylation is 1. The van der Waals surface area contributed by atoms with Gasteiger partial charge in [0.2, 0.25) is 0 Å². The number of carbonyl (C=O) groups is 1. The summed E-state index contributed by atoms with van der Waals surface area (Å²) in [7, 11) is 3.68. The van der Waals surface area contributed by atoms with E-state index >= 15 is 0 Å². The molecular weight excluding hydrogens is 409 g/mol. The molecule has 0 bridgehead atoms. The van der Waals surface area contributed by atoms with Gasteiger partial charge in [-0.3, -0.25) is 4.79 Å². The smallest absolute Gasteiger partial charge is 0.267 e. The minimum atomic E-state index is -0.807. The molecule has 6 nitrogen and oxygen atoms in total. The number of halogens is 1. The van der Waals surface area contributed by atoms with Crippen molar-refractivity contribution in [1.29, 1.82) is 0 Å². The first-order valence-corrected chi connectivity index (χ1v) is 10.9. The van der Waals surface area contributed by atoms with E-state index in [9.17, 15) is 14.3 Å². The molecule has 2 aliphatic rings. The van der Waals surface area contributed by atoms with Gasteiger partial charge < -0.3 is 25.4 Å². The Kier molecular flexibility index (Phi) is 6.13. The number of anilines is 2. The molecule has 0 aromatic heterocycles. The fourth-order valence-electron chi connectivity index (χ4n) is 4.20. The van der Waals surface area contributed by atoms with E-state index < -0.39 is 6.10 Å². The lowest BCUT2D eigenvalue weighted by Gasteiger charge is -2.27. The van der Waals surface area contributed by atoms with Crippen LogP contribution in [0, 0.1) is 24.7 Å². The average molecular weight is 438 g/mol. The second kappa shape index (κ2) is 8.99. The minimum absolute atomic E-state index is 0.168. The molecule has 2 aromatic rings. The van der Waals surface area contributed by atoms with Crippen LogP contribution in [-0.2, 0) is 4.79 Å². The summed E-state index contributed by atoms with van der Waals surface area (Å²) in [6.45, 7) is 1.85. The molecule has 7 heteroatoms. The first-order valence-electron chi connectivity index (χ1n) is 10.9. The van der Waals surface area contributed by atoms with Crippen molar-refractivity contribution >= 4 is 17.3 Å². The van der Waals surface area contributed by atoms with Gasteiger partial charge in [0, 0.05) is 32.3 Å². The zero-order chi connectivity index (χ0) is 22.8. The summed E-state index contributed by atoms with van der Waals surface area (Å²) in [5, 5.41) is 16.6. The molecule has 32 heavy (non-hydrogen) atoms. The Hall–Kier alpha value is -3.40. The quantitative estimate of drug-likeness (QED) is 0.496. The van der Waals surface area contributed by atoms with Crippen LogP contribution in [0.5, 0.6) is 11.5 Å². The van der Waals surface area contributed by atoms with Crippen molar-refractivity contribution in [1.82, 2.24) is 4.90 Å². The fraction of sp³-hybridized carbons (Fsp3) is 0.400. The molecule has 4 rings (SSSR count). The number of amides is 1. The molecule has 1 saturated carbocycles. The summed E-state index contributed by atoms with van der Waals surface area (Å²) in [6.07, 6.45) is 3.58. The molecule has 1 unspecified atom stereocenters. The number of nitrogens with zero attached hydrogens (tertiary/aromatic N) is 1. The lowest BCUT2D eigenvalue weighted by molar-refractivity contribution is -0.122. The predicted molar refractivity (Wildman–Crippen MR) is 123 cm³/mol. The second-order valence-corrected chi connectivity index (χ2v) is 8.64. The Labute approximate surface area is 187 Å². The molecular formula is C25H28FN3O3. The van der Waals surface area contributed by atoms with E-state index in [0.29, 0.717) is 34.2 Å². The molecule has 1 fully saturated rings. The third-order valence-corrected chi connectivity index (χ3v) is 5.93. The number of rotatable bonds is 3. The van der Waals surface area contributed by atoms with Crippen LogP contribution in [0.15, 0.2) is 24.3 Å². The first kappa shape index (κ1) is 21.8. The van der Waals surface area contributed by atoms with Crippen molar-refractivity contribution in [3.05, 3.63) is 46.8 Å². The number of nitrogens with one attached hydrogen (secondary N) is 2. The van der Waals surface area contributed by atoms with Gasteiger partial charge in [0.1, 0.15) is 17.3 Å². The molecule has 2 aromatic carbocycles. The average Bonchev–Trinajstić information content (AvgIpc) is 3.28. The highest BCUT2D eigenvalue weighted by atomic mass is 19.1. The molecule has 1 aliphatic heterocycles. The summed E-state index contributed by atoms with van der Waals surface area (Å²) in [5.74, 6) is 3.31. The van der Waals surface area contributed by atoms with Gasteiger partial charge in [0.25, 0.3) is 5.91 Å². The Morgan fingerprint density at radius 2 is 2.00 bits per heavy atom. The van der Waals surface area contributed by atoms with Crippen LogP contribution in [0.3, 0.4) is 0 Å². The largest absolute Gasteiger partial charge is 0.508 e. The van der Waals surface area contributed by atoms with Crippen LogP contribution in [0.4, 0.5) is 15.8 Å². The van der Waals surface area contributed by atoms with E-state index in [1.807, 2.05) is 20.2 Å². The van der Waals surface area contributed by atoms with E-state index in [2.05, 4.69) is 22.6 Å². The summed E-state index contributed by atoms with van der Waals surface area (Å²) in [6, 6.07) is 9.40. The number of benzene rings is 2. The van der Waals surface area contributed by atoms with Crippen LogP contribution in [0.25, 0.3) is 0 Å². The van der Waals surface area contributed by atoms with Gasteiger partial charge in [-0.05, 0) is 54.9 Å². The molecule has 1 atom stereocenters. The van der Waals surface area contributed by atoms with Crippen molar-refractivity contribution in [3.8, 4) is 23.5 Å². The summed E-state index contributed by atoms with van der Waals surface area (Å²) in [4.78, 5) is 14.7. The van der Waals surface area contributed by atoms with E-state index in [4.69, 9.17) is 4.74 Å². The SMILES string of the molecule is Cc1cc2c(cc1F)NCC(C(=O)Nc1cc(O)c(C3CCCC3)cc1C#CN(C)C)O2. The zero-order valence-corrected chi connectivity index (χ0v) is 18.6. The molecule has 1 heterocycles. The van der Waals surface area contributed by atoms with Crippen LogP contribution in [0.1, 0.15) is 48.3 Å². The summed E-state index contributed by atoms with van der Waals surface area (Å²) < 4.78 is 19.6. The van der Waals surface area contributed by atoms with Gasteiger partial charge in [-0.1, -0.05) is 12.8 Å². The van der Waals surface area contributed by atoms with E-state index in [0.717, 1.165) is 31.2 Å². The summed E-state index contributed by atoms with van der Waals surface area (Å²) in [5.41, 5.74) is 2.93. The highest BCUT2D eigenvalue weighted by molar-refractivity contribution is 5.96. The molecule has 1 amide bonds. The van der Waals surface area contributed by atoms with Crippen LogP contribution < -0.4 is 15.4 Å². The van der Waals surface area contributed by atoms with Crippen LogP contribution in [-0.4, -0.2) is 42.7 Å². The van der Waals surface area contributed by atoms with Gasteiger partial charge in [-0.15, -0.1) is 0 Å². The Balaban J connectivity index is 1.58. The molecule has 168 valence electrons. The number of phenols is 1. The van der Waals surface area contributed by atoms with Crippen molar-refractivity contribution in [2.24, 2.45) is 0 Å². The monoisotopic (exact) mass is 437 g/mol. The number of aromatic hydroxyl groups is 1.